The number of halogens is 1. The first-order valence-corrected chi connectivity index (χ1v) is 9.21. The molecular formula is C18H20ClN5O3. The third-order valence-electron chi connectivity index (χ3n) is 4.90. The van der Waals surface area contributed by atoms with Gasteiger partial charge >= 0.3 is 6.09 Å². The van der Waals surface area contributed by atoms with Gasteiger partial charge in [0.15, 0.2) is 6.17 Å². The van der Waals surface area contributed by atoms with Crippen LogP contribution in [0.3, 0.4) is 0 Å². The Morgan fingerprint density at radius 2 is 2.04 bits per heavy atom. The van der Waals surface area contributed by atoms with Crippen molar-refractivity contribution in [2.45, 2.75) is 25.0 Å². The number of nitrogens with one attached hydrogen (secondary N) is 1. The van der Waals surface area contributed by atoms with Gasteiger partial charge in [0.2, 0.25) is 5.29 Å². The zero-order valence-electron chi connectivity index (χ0n) is 14.8. The molecule has 2 atom stereocenters. The number of amidine groups is 1. The molecule has 3 aliphatic rings. The minimum absolute atomic E-state index is 0.0604. The summed E-state index contributed by atoms with van der Waals surface area (Å²) < 4.78 is 10.1. The van der Waals surface area contributed by atoms with Gasteiger partial charge in [0.25, 0.3) is 0 Å². The van der Waals surface area contributed by atoms with Crippen molar-refractivity contribution in [2.24, 2.45) is 21.0 Å². The van der Waals surface area contributed by atoms with Crippen molar-refractivity contribution >= 4 is 40.6 Å². The Hall–Kier alpha value is -2.45. The van der Waals surface area contributed by atoms with E-state index in [0.29, 0.717) is 11.7 Å². The number of hydrazone groups is 1. The second kappa shape index (κ2) is 7.66. The van der Waals surface area contributed by atoms with Crippen LogP contribution >= 0.6 is 11.6 Å². The highest BCUT2D eigenvalue weighted by atomic mass is 35.5. The number of benzene rings is 1. The van der Waals surface area contributed by atoms with Crippen LogP contribution < -0.4 is 5.32 Å². The van der Waals surface area contributed by atoms with E-state index < -0.39 is 6.09 Å². The first-order valence-electron chi connectivity index (χ1n) is 8.83. The molecule has 0 radical (unpaired) electrons. The average Bonchev–Trinajstić information content (AvgIpc) is 3.12. The van der Waals surface area contributed by atoms with E-state index in [1.807, 2.05) is 23.4 Å². The van der Waals surface area contributed by atoms with Gasteiger partial charge in [-0.25, -0.2) is 14.8 Å². The molecule has 8 nitrogen and oxygen atoms in total. The maximum atomic E-state index is 11.3. The van der Waals surface area contributed by atoms with Crippen molar-refractivity contribution in [3.05, 3.63) is 29.8 Å². The predicted molar refractivity (Wildman–Crippen MR) is 104 cm³/mol. The smallest absolute Gasteiger partial charge is 0.411 e. The molecule has 1 aromatic rings. The molecule has 1 aromatic carbocycles. The molecule has 0 aromatic heterocycles. The van der Waals surface area contributed by atoms with Gasteiger partial charge in [-0.2, -0.15) is 5.10 Å². The van der Waals surface area contributed by atoms with Gasteiger partial charge in [-0.15, -0.1) is 0 Å². The summed E-state index contributed by atoms with van der Waals surface area (Å²) in [4.78, 5) is 20.3. The second-order valence-electron chi connectivity index (χ2n) is 6.52. The van der Waals surface area contributed by atoms with Gasteiger partial charge in [0, 0.05) is 25.1 Å². The lowest BCUT2D eigenvalue weighted by Crippen LogP contribution is -2.45. The summed E-state index contributed by atoms with van der Waals surface area (Å²) in [7, 11) is 1.32. The minimum Gasteiger partial charge on any atom is -0.453 e. The van der Waals surface area contributed by atoms with E-state index in [-0.39, 0.29) is 17.4 Å². The lowest BCUT2D eigenvalue weighted by molar-refractivity contribution is 0.0228. The Balaban J connectivity index is 1.54. The lowest BCUT2D eigenvalue weighted by atomic mass is 9.93. The van der Waals surface area contributed by atoms with Crippen LogP contribution in [0.15, 0.2) is 39.4 Å². The van der Waals surface area contributed by atoms with Gasteiger partial charge in [-0.05, 0) is 42.1 Å². The molecule has 142 valence electrons. The van der Waals surface area contributed by atoms with Crippen molar-refractivity contribution in [3.63, 3.8) is 0 Å². The maximum absolute atomic E-state index is 11.3. The molecule has 0 aliphatic carbocycles. The fourth-order valence-corrected chi connectivity index (χ4v) is 3.72. The number of hydrogen-bond donors (Lipinski definition) is 1. The van der Waals surface area contributed by atoms with Crippen LogP contribution in [0.4, 0.5) is 10.5 Å². The number of amides is 1. The highest BCUT2D eigenvalue weighted by Gasteiger charge is 2.40. The first-order chi connectivity index (χ1) is 13.2. The monoisotopic (exact) mass is 389 g/mol. The Morgan fingerprint density at radius 1 is 1.30 bits per heavy atom. The largest absolute Gasteiger partial charge is 0.453 e. The molecule has 0 saturated carbocycles. The second-order valence-corrected chi connectivity index (χ2v) is 6.85. The summed E-state index contributed by atoms with van der Waals surface area (Å²) in [5, 5.41) is 9.51. The summed E-state index contributed by atoms with van der Waals surface area (Å²) in [5.41, 5.74) is 2.37. The van der Waals surface area contributed by atoms with Gasteiger partial charge in [-0.3, -0.25) is 10.3 Å². The van der Waals surface area contributed by atoms with Crippen LogP contribution in [-0.2, 0) is 9.47 Å². The normalized spacial score (nSPS) is 24.9. The van der Waals surface area contributed by atoms with Crippen molar-refractivity contribution in [1.29, 1.82) is 0 Å². The Bertz CT molecular complexity index is 802. The molecule has 1 N–H and O–H groups in total. The van der Waals surface area contributed by atoms with E-state index in [0.717, 1.165) is 37.3 Å². The Morgan fingerprint density at radius 3 is 2.74 bits per heavy atom. The molecule has 1 fully saturated rings. The topological polar surface area (TPSA) is 87.9 Å². The van der Waals surface area contributed by atoms with Gasteiger partial charge in [0.1, 0.15) is 0 Å². The summed E-state index contributed by atoms with van der Waals surface area (Å²) in [6, 6.07) is 7.67. The molecule has 2 unspecified atom stereocenters. The number of methoxy groups -OCH3 is 1. The highest BCUT2D eigenvalue weighted by molar-refractivity contribution is 6.66. The SMILES string of the molecule is COC(=O)Nc1ccc(C2=NC(Cl)=NC3C2C=NN3C2CCOCC2)cc1. The number of hydrogen-bond acceptors (Lipinski definition) is 7. The van der Waals surface area contributed by atoms with Crippen molar-refractivity contribution in [3.8, 4) is 0 Å². The summed E-state index contributed by atoms with van der Waals surface area (Å²) in [5.74, 6) is -0.0604. The van der Waals surface area contributed by atoms with Crippen molar-refractivity contribution in [1.82, 2.24) is 5.01 Å². The quantitative estimate of drug-likeness (QED) is 0.805. The van der Waals surface area contributed by atoms with Crippen LogP contribution in [0.25, 0.3) is 0 Å². The number of aliphatic imine (C=N–C) groups is 2. The molecule has 1 saturated heterocycles. The van der Waals surface area contributed by atoms with Gasteiger partial charge in [-0.1, -0.05) is 12.1 Å². The van der Waals surface area contributed by atoms with E-state index in [2.05, 4.69) is 25.1 Å². The van der Waals surface area contributed by atoms with E-state index in [1.165, 1.54) is 7.11 Å². The van der Waals surface area contributed by atoms with Gasteiger partial charge < -0.3 is 9.47 Å². The van der Waals surface area contributed by atoms with Crippen LogP contribution in [0.5, 0.6) is 0 Å². The standard InChI is InChI=1S/C18H20ClN5O3/c1-26-18(25)21-12-4-2-11(3-5-12)15-14-10-20-24(13-6-8-27-9-7-13)16(14)23-17(19)22-15/h2-5,10,13-14,16H,6-9H2,1H3,(H,21,25). The lowest BCUT2D eigenvalue weighted by Gasteiger charge is -2.35. The highest BCUT2D eigenvalue weighted by Crippen LogP contribution is 2.32. The summed E-state index contributed by atoms with van der Waals surface area (Å²) in [6.07, 6.45) is 3.05. The number of rotatable bonds is 3. The fourth-order valence-electron chi connectivity index (χ4n) is 3.53. The van der Waals surface area contributed by atoms with E-state index >= 15 is 0 Å². The third-order valence-corrected chi connectivity index (χ3v) is 5.08. The summed E-state index contributed by atoms with van der Waals surface area (Å²) >= 11 is 6.23. The van der Waals surface area contributed by atoms with Crippen LogP contribution in [0.1, 0.15) is 18.4 Å². The molecule has 27 heavy (non-hydrogen) atoms. The van der Waals surface area contributed by atoms with E-state index in [1.54, 1.807) is 12.1 Å². The van der Waals surface area contributed by atoms with Crippen molar-refractivity contribution < 1.29 is 14.3 Å². The number of carbonyl (C=O) groups excluding carboxylic acids is 1. The number of anilines is 1. The molecular weight excluding hydrogens is 370 g/mol. The van der Waals surface area contributed by atoms with E-state index in [4.69, 9.17) is 16.3 Å². The molecule has 0 spiro atoms. The summed E-state index contributed by atoms with van der Waals surface area (Å²) in [6.45, 7) is 1.47. The average molecular weight is 390 g/mol. The molecule has 0 bridgehead atoms. The third kappa shape index (κ3) is 3.68. The molecule has 3 heterocycles. The zero-order chi connectivity index (χ0) is 18.8. The Labute approximate surface area is 161 Å². The number of ether oxygens (including phenoxy) is 2. The van der Waals surface area contributed by atoms with Crippen LogP contribution in [-0.4, -0.2) is 60.9 Å². The van der Waals surface area contributed by atoms with Crippen LogP contribution in [0.2, 0.25) is 0 Å². The molecule has 4 rings (SSSR count). The molecule has 1 amide bonds. The van der Waals surface area contributed by atoms with Gasteiger partial charge in [0.05, 0.1) is 24.8 Å². The molecule has 3 aliphatic heterocycles. The predicted octanol–water partition coefficient (Wildman–Crippen LogP) is 2.69. The first kappa shape index (κ1) is 17.9. The maximum Gasteiger partial charge on any atom is 0.411 e. The molecule has 9 heteroatoms. The van der Waals surface area contributed by atoms with Crippen LogP contribution in [0, 0.1) is 5.92 Å². The number of nitrogens with zero attached hydrogens (tertiary/aromatic N) is 4. The van der Waals surface area contributed by atoms with Crippen molar-refractivity contribution in [2.75, 3.05) is 25.6 Å². The zero-order valence-corrected chi connectivity index (χ0v) is 15.6. The van der Waals surface area contributed by atoms with E-state index in [9.17, 15) is 4.79 Å². The number of carbonyl (C=O) groups is 1. The minimum atomic E-state index is -0.511. The fraction of sp³-hybridized carbons (Fsp3) is 0.444. The number of fused-ring (bicyclic) bond motifs is 1. The Kier molecular flexibility index (Phi) is 5.09.